The second-order valence-electron chi connectivity index (χ2n) is 6.30. The van der Waals surface area contributed by atoms with E-state index in [1.54, 1.807) is 17.1 Å². The van der Waals surface area contributed by atoms with Crippen LogP contribution in [0.25, 0.3) is 0 Å². The predicted octanol–water partition coefficient (Wildman–Crippen LogP) is 0.391. The molecule has 0 aromatic carbocycles. The minimum Gasteiger partial charge on any atom is -0.483 e. The molecular formula is C17H21N7O2. The first-order chi connectivity index (χ1) is 12.8. The third kappa shape index (κ3) is 4.06. The lowest BCUT2D eigenvalue weighted by Crippen LogP contribution is -2.41. The average molecular weight is 355 g/mol. The number of aryl methyl sites for hydroxylation is 1. The molecule has 9 heteroatoms. The Morgan fingerprint density at radius 1 is 1.31 bits per heavy atom. The van der Waals surface area contributed by atoms with Crippen LogP contribution in [0.5, 0.6) is 5.75 Å². The van der Waals surface area contributed by atoms with E-state index in [1.807, 2.05) is 42.5 Å². The lowest BCUT2D eigenvalue weighted by molar-refractivity contribution is 0.139. The average Bonchev–Trinajstić information content (AvgIpc) is 3.37. The summed E-state index contributed by atoms with van der Waals surface area (Å²) in [6.45, 7) is 2.42. The van der Waals surface area contributed by atoms with Gasteiger partial charge in [0.05, 0.1) is 50.1 Å². The maximum atomic E-state index is 5.96. The summed E-state index contributed by atoms with van der Waals surface area (Å²) in [6.07, 6.45) is 9.03. The van der Waals surface area contributed by atoms with Crippen LogP contribution in [0.15, 0.2) is 43.1 Å². The third-order valence-electron chi connectivity index (χ3n) is 4.20. The molecule has 4 rings (SSSR count). The number of aromatic nitrogens is 6. The van der Waals surface area contributed by atoms with Gasteiger partial charge in [-0.3, -0.25) is 9.67 Å². The summed E-state index contributed by atoms with van der Waals surface area (Å²) < 4.78 is 15.0. The Hall–Kier alpha value is -2.78. The molecule has 1 aliphatic heterocycles. The fourth-order valence-electron chi connectivity index (χ4n) is 2.89. The molecule has 2 atom stereocenters. The van der Waals surface area contributed by atoms with Gasteiger partial charge in [0.2, 0.25) is 0 Å². The predicted molar refractivity (Wildman–Crippen MR) is 92.4 cm³/mol. The van der Waals surface area contributed by atoms with Crippen molar-refractivity contribution in [1.29, 1.82) is 0 Å². The van der Waals surface area contributed by atoms with Gasteiger partial charge in [0.25, 0.3) is 0 Å². The lowest BCUT2D eigenvalue weighted by atomic mass is 10.2. The fraction of sp³-hybridized carbons (Fsp3) is 0.412. The van der Waals surface area contributed by atoms with Gasteiger partial charge >= 0.3 is 0 Å². The van der Waals surface area contributed by atoms with Crippen LogP contribution < -0.4 is 10.1 Å². The standard InChI is InChI=1S/C17H21N7O2/c1-23-10-15(7-20-23)26-17-12-25-11-16(17)19-6-14-9-24(22-21-14)8-13-3-2-4-18-5-13/h2-5,7,9-10,16-17,19H,6,8,11-12H2,1H3/t16-,17+/m0/s1. The molecule has 26 heavy (non-hydrogen) atoms. The molecule has 1 aliphatic rings. The van der Waals surface area contributed by atoms with E-state index in [2.05, 4.69) is 25.7 Å². The highest BCUT2D eigenvalue weighted by molar-refractivity contribution is 5.13. The Labute approximate surface area is 150 Å². The summed E-state index contributed by atoms with van der Waals surface area (Å²) in [4.78, 5) is 4.11. The summed E-state index contributed by atoms with van der Waals surface area (Å²) in [6, 6.07) is 4.03. The quantitative estimate of drug-likeness (QED) is 0.655. The first kappa shape index (κ1) is 16.7. The van der Waals surface area contributed by atoms with E-state index in [4.69, 9.17) is 9.47 Å². The second kappa shape index (κ2) is 7.63. The number of hydrogen-bond donors (Lipinski definition) is 1. The SMILES string of the molecule is Cn1cc(O[C@@H]2COC[C@@H]2NCc2cn(Cc3cccnc3)nn2)cn1. The van der Waals surface area contributed by atoms with Crippen LogP contribution in [-0.4, -0.2) is 55.1 Å². The van der Waals surface area contributed by atoms with Crippen molar-refractivity contribution < 1.29 is 9.47 Å². The number of hydrogen-bond acceptors (Lipinski definition) is 7. The summed E-state index contributed by atoms with van der Waals surface area (Å²) >= 11 is 0. The highest BCUT2D eigenvalue weighted by Crippen LogP contribution is 2.16. The second-order valence-corrected chi connectivity index (χ2v) is 6.30. The Morgan fingerprint density at radius 3 is 3.08 bits per heavy atom. The zero-order valence-corrected chi connectivity index (χ0v) is 14.5. The summed E-state index contributed by atoms with van der Waals surface area (Å²) in [5.41, 5.74) is 1.96. The fourth-order valence-corrected chi connectivity index (χ4v) is 2.89. The first-order valence-electron chi connectivity index (χ1n) is 8.50. The Bertz CT molecular complexity index is 833. The molecular weight excluding hydrogens is 334 g/mol. The minimum absolute atomic E-state index is 0.0513. The number of pyridine rings is 1. The van der Waals surface area contributed by atoms with Crippen molar-refractivity contribution >= 4 is 0 Å². The normalized spacial score (nSPS) is 19.7. The van der Waals surface area contributed by atoms with Gasteiger partial charge in [0, 0.05) is 26.0 Å². The van der Waals surface area contributed by atoms with Gasteiger partial charge in [-0.05, 0) is 11.6 Å². The molecule has 1 fully saturated rings. The van der Waals surface area contributed by atoms with Crippen molar-refractivity contribution in [3.63, 3.8) is 0 Å². The zero-order chi connectivity index (χ0) is 17.8. The molecule has 0 saturated carbocycles. The van der Waals surface area contributed by atoms with Gasteiger partial charge in [0.15, 0.2) is 5.75 Å². The third-order valence-corrected chi connectivity index (χ3v) is 4.20. The molecule has 3 aromatic rings. The molecule has 0 aliphatic carbocycles. The van der Waals surface area contributed by atoms with Crippen LogP contribution >= 0.6 is 0 Å². The molecule has 0 bridgehead atoms. The largest absolute Gasteiger partial charge is 0.483 e. The molecule has 0 radical (unpaired) electrons. The van der Waals surface area contributed by atoms with E-state index < -0.39 is 0 Å². The number of ether oxygens (including phenoxy) is 2. The van der Waals surface area contributed by atoms with Gasteiger partial charge in [-0.25, -0.2) is 4.68 Å². The van der Waals surface area contributed by atoms with Crippen molar-refractivity contribution in [1.82, 2.24) is 35.1 Å². The van der Waals surface area contributed by atoms with Crippen LogP contribution in [0.4, 0.5) is 0 Å². The molecule has 0 amide bonds. The smallest absolute Gasteiger partial charge is 0.157 e. The monoisotopic (exact) mass is 355 g/mol. The Balaban J connectivity index is 1.30. The van der Waals surface area contributed by atoms with E-state index in [-0.39, 0.29) is 12.1 Å². The summed E-state index contributed by atoms with van der Waals surface area (Å²) in [5.74, 6) is 0.747. The van der Waals surface area contributed by atoms with Gasteiger partial charge in [-0.1, -0.05) is 11.3 Å². The highest BCUT2D eigenvalue weighted by Gasteiger charge is 2.30. The van der Waals surface area contributed by atoms with Gasteiger partial charge in [0.1, 0.15) is 6.10 Å². The van der Waals surface area contributed by atoms with Gasteiger partial charge in [-0.2, -0.15) is 5.10 Å². The zero-order valence-electron chi connectivity index (χ0n) is 14.5. The number of nitrogens with zero attached hydrogens (tertiary/aromatic N) is 6. The Morgan fingerprint density at radius 2 is 2.27 bits per heavy atom. The van der Waals surface area contributed by atoms with Crippen molar-refractivity contribution in [3.8, 4) is 5.75 Å². The molecule has 0 unspecified atom stereocenters. The van der Waals surface area contributed by atoms with E-state index in [9.17, 15) is 0 Å². The van der Waals surface area contributed by atoms with Gasteiger partial charge in [-0.15, -0.1) is 5.10 Å². The number of rotatable bonds is 7. The van der Waals surface area contributed by atoms with Crippen LogP contribution in [-0.2, 0) is 24.9 Å². The van der Waals surface area contributed by atoms with Crippen molar-refractivity contribution in [2.24, 2.45) is 7.05 Å². The Kier molecular flexibility index (Phi) is 4.89. The van der Waals surface area contributed by atoms with Crippen LogP contribution in [0.2, 0.25) is 0 Å². The molecule has 4 heterocycles. The topological polar surface area (TPSA) is 91.9 Å². The molecule has 1 saturated heterocycles. The van der Waals surface area contributed by atoms with Crippen molar-refractivity contribution in [2.75, 3.05) is 13.2 Å². The van der Waals surface area contributed by atoms with Crippen LogP contribution in [0, 0.1) is 0 Å². The van der Waals surface area contributed by atoms with Crippen LogP contribution in [0.1, 0.15) is 11.3 Å². The molecule has 1 N–H and O–H groups in total. The van der Waals surface area contributed by atoms with Crippen molar-refractivity contribution in [2.45, 2.75) is 25.2 Å². The minimum atomic E-state index is -0.0513. The first-order valence-corrected chi connectivity index (χ1v) is 8.50. The van der Waals surface area contributed by atoms with Gasteiger partial charge < -0.3 is 14.8 Å². The summed E-state index contributed by atoms with van der Waals surface area (Å²) in [5, 5.41) is 16.0. The van der Waals surface area contributed by atoms with E-state index in [0.29, 0.717) is 26.3 Å². The van der Waals surface area contributed by atoms with E-state index >= 15 is 0 Å². The molecule has 9 nitrogen and oxygen atoms in total. The van der Waals surface area contributed by atoms with Crippen molar-refractivity contribution in [3.05, 3.63) is 54.4 Å². The number of nitrogens with one attached hydrogen (secondary N) is 1. The highest BCUT2D eigenvalue weighted by atomic mass is 16.5. The molecule has 0 spiro atoms. The van der Waals surface area contributed by atoms with E-state index in [1.165, 1.54) is 0 Å². The maximum Gasteiger partial charge on any atom is 0.157 e. The molecule has 3 aromatic heterocycles. The lowest BCUT2D eigenvalue weighted by Gasteiger charge is -2.19. The molecule has 136 valence electrons. The summed E-state index contributed by atoms with van der Waals surface area (Å²) in [7, 11) is 1.86. The maximum absolute atomic E-state index is 5.96. The van der Waals surface area contributed by atoms with Crippen LogP contribution in [0.3, 0.4) is 0 Å². The van der Waals surface area contributed by atoms with E-state index in [0.717, 1.165) is 17.0 Å².